The third-order valence-corrected chi connectivity index (χ3v) is 2.49. The third kappa shape index (κ3) is 8.24. The number of rotatable bonds is 8. The Bertz CT molecular complexity index is 428. The summed E-state index contributed by atoms with van der Waals surface area (Å²) in [5.74, 6) is -0.576. The number of hydrogen-bond acceptors (Lipinski definition) is 4. The zero-order valence-corrected chi connectivity index (χ0v) is 13.8. The molecule has 0 aromatic rings. The SMILES string of the molecule is C=CCN(CC=C)C(=O)[C@H](CC(C)=O)NC(=O)OC(C)(C)C. The molecule has 0 fully saturated rings. The quantitative estimate of drug-likeness (QED) is 0.696. The van der Waals surface area contributed by atoms with Gasteiger partial charge in [0.2, 0.25) is 5.91 Å². The maximum absolute atomic E-state index is 12.5. The van der Waals surface area contributed by atoms with Crippen LogP contribution in [0.1, 0.15) is 34.1 Å². The summed E-state index contributed by atoms with van der Waals surface area (Å²) in [6.07, 6.45) is 2.31. The van der Waals surface area contributed by atoms with Crippen LogP contribution >= 0.6 is 0 Å². The van der Waals surface area contributed by atoms with Crippen molar-refractivity contribution in [2.45, 2.75) is 45.8 Å². The molecule has 22 heavy (non-hydrogen) atoms. The smallest absolute Gasteiger partial charge is 0.408 e. The molecule has 0 radical (unpaired) electrons. The van der Waals surface area contributed by atoms with Gasteiger partial charge in [-0.2, -0.15) is 0 Å². The molecule has 0 saturated carbocycles. The minimum Gasteiger partial charge on any atom is -0.444 e. The van der Waals surface area contributed by atoms with Crippen molar-refractivity contribution in [3.63, 3.8) is 0 Å². The van der Waals surface area contributed by atoms with Crippen molar-refractivity contribution in [2.75, 3.05) is 13.1 Å². The van der Waals surface area contributed by atoms with Crippen molar-refractivity contribution < 1.29 is 19.1 Å². The topological polar surface area (TPSA) is 75.7 Å². The van der Waals surface area contributed by atoms with Crippen LogP contribution in [0.4, 0.5) is 4.79 Å². The monoisotopic (exact) mass is 310 g/mol. The zero-order valence-electron chi connectivity index (χ0n) is 13.8. The van der Waals surface area contributed by atoms with Gasteiger partial charge in [0.05, 0.1) is 0 Å². The second-order valence-electron chi connectivity index (χ2n) is 5.93. The highest BCUT2D eigenvalue weighted by Gasteiger charge is 2.28. The summed E-state index contributed by atoms with van der Waals surface area (Å²) in [7, 11) is 0. The molecule has 0 bridgehead atoms. The molecule has 0 aromatic heterocycles. The van der Waals surface area contributed by atoms with Gasteiger partial charge in [-0.1, -0.05) is 12.2 Å². The molecule has 0 unspecified atom stereocenters. The van der Waals surface area contributed by atoms with E-state index in [0.717, 1.165) is 0 Å². The van der Waals surface area contributed by atoms with E-state index in [-0.39, 0.29) is 18.1 Å². The predicted molar refractivity (Wildman–Crippen MR) is 85.4 cm³/mol. The van der Waals surface area contributed by atoms with Gasteiger partial charge in [-0.15, -0.1) is 13.2 Å². The van der Waals surface area contributed by atoms with E-state index in [4.69, 9.17) is 4.74 Å². The number of amides is 2. The van der Waals surface area contributed by atoms with E-state index in [2.05, 4.69) is 18.5 Å². The van der Waals surface area contributed by atoms with Crippen LogP contribution in [0, 0.1) is 0 Å². The molecule has 0 aliphatic rings. The van der Waals surface area contributed by atoms with Gasteiger partial charge < -0.3 is 15.0 Å². The molecular weight excluding hydrogens is 284 g/mol. The Morgan fingerprint density at radius 2 is 1.68 bits per heavy atom. The highest BCUT2D eigenvalue weighted by atomic mass is 16.6. The summed E-state index contributed by atoms with van der Waals surface area (Å²) >= 11 is 0. The van der Waals surface area contributed by atoms with E-state index in [1.165, 1.54) is 11.8 Å². The normalized spacial score (nSPS) is 12.0. The summed E-state index contributed by atoms with van der Waals surface area (Å²) in [6.45, 7) is 14.3. The fraction of sp³-hybridized carbons (Fsp3) is 0.562. The molecule has 0 aliphatic heterocycles. The first-order valence-electron chi connectivity index (χ1n) is 7.10. The molecule has 0 heterocycles. The maximum Gasteiger partial charge on any atom is 0.408 e. The standard InChI is InChI=1S/C16H26N2O4/c1-7-9-18(10-8-2)14(20)13(11-12(3)19)17-15(21)22-16(4,5)6/h7-8,13H,1-2,9-11H2,3-6H3,(H,17,21)/t13-/m0/s1. The third-order valence-electron chi connectivity index (χ3n) is 2.49. The van der Waals surface area contributed by atoms with Crippen LogP contribution in [-0.2, 0) is 14.3 Å². The number of Topliss-reactive ketones (excluding diaryl/α,β-unsaturated/α-hetero) is 1. The summed E-state index contributed by atoms with van der Waals surface area (Å²) < 4.78 is 5.13. The van der Waals surface area contributed by atoms with Gasteiger partial charge in [-0.3, -0.25) is 9.59 Å². The Labute approximate surface area is 132 Å². The van der Waals surface area contributed by atoms with E-state index < -0.39 is 17.7 Å². The van der Waals surface area contributed by atoms with Crippen LogP contribution in [0.5, 0.6) is 0 Å². The van der Waals surface area contributed by atoms with Gasteiger partial charge in [0.15, 0.2) is 0 Å². The van der Waals surface area contributed by atoms with Gasteiger partial charge in [-0.05, 0) is 27.7 Å². The largest absolute Gasteiger partial charge is 0.444 e. The Kier molecular flexibility index (Phi) is 8.15. The molecule has 0 rings (SSSR count). The molecule has 0 aromatic carbocycles. The first-order valence-corrected chi connectivity index (χ1v) is 7.10. The van der Waals surface area contributed by atoms with Crippen molar-refractivity contribution in [2.24, 2.45) is 0 Å². The van der Waals surface area contributed by atoms with Gasteiger partial charge in [0.1, 0.15) is 17.4 Å². The number of alkyl carbamates (subject to hydrolysis) is 1. The van der Waals surface area contributed by atoms with E-state index in [1.54, 1.807) is 32.9 Å². The van der Waals surface area contributed by atoms with E-state index in [1.807, 2.05) is 0 Å². The van der Waals surface area contributed by atoms with Crippen LogP contribution in [0.3, 0.4) is 0 Å². The lowest BCUT2D eigenvalue weighted by Crippen LogP contribution is -2.50. The predicted octanol–water partition coefficient (Wildman–Crippen LogP) is 2.06. The molecule has 6 heteroatoms. The van der Waals surface area contributed by atoms with Crippen molar-refractivity contribution in [1.82, 2.24) is 10.2 Å². The number of carbonyl (C=O) groups excluding carboxylic acids is 3. The molecule has 2 amide bonds. The summed E-state index contributed by atoms with van der Waals surface area (Å²) in [5, 5.41) is 2.46. The Hall–Kier alpha value is -2.11. The van der Waals surface area contributed by atoms with Crippen molar-refractivity contribution in [3.05, 3.63) is 25.3 Å². The lowest BCUT2D eigenvalue weighted by Gasteiger charge is -2.27. The molecule has 0 saturated heterocycles. The van der Waals surface area contributed by atoms with Gasteiger partial charge in [0.25, 0.3) is 0 Å². The average Bonchev–Trinajstić information content (AvgIpc) is 2.34. The number of nitrogens with zero attached hydrogens (tertiary/aromatic N) is 1. The van der Waals surface area contributed by atoms with Gasteiger partial charge >= 0.3 is 6.09 Å². The first kappa shape index (κ1) is 19.9. The second-order valence-corrected chi connectivity index (χ2v) is 5.93. The van der Waals surface area contributed by atoms with Crippen LogP contribution in [0.15, 0.2) is 25.3 Å². The second kappa shape index (κ2) is 9.02. The molecule has 124 valence electrons. The van der Waals surface area contributed by atoms with Gasteiger partial charge in [0, 0.05) is 19.5 Å². The highest BCUT2D eigenvalue weighted by Crippen LogP contribution is 2.08. The maximum atomic E-state index is 12.5. The highest BCUT2D eigenvalue weighted by molar-refractivity contribution is 5.91. The zero-order chi connectivity index (χ0) is 17.3. The van der Waals surface area contributed by atoms with E-state index in [0.29, 0.717) is 13.1 Å². The van der Waals surface area contributed by atoms with Crippen LogP contribution in [-0.4, -0.2) is 47.4 Å². The lowest BCUT2D eigenvalue weighted by atomic mass is 10.1. The Morgan fingerprint density at radius 3 is 2.05 bits per heavy atom. The van der Waals surface area contributed by atoms with E-state index in [9.17, 15) is 14.4 Å². The fourth-order valence-corrected chi connectivity index (χ4v) is 1.72. The molecule has 0 aliphatic carbocycles. The summed E-state index contributed by atoms with van der Waals surface area (Å²) in [6, 6.07) is -0.966. The van der Waals surface area contributed by atoms with E-state index >= 15 is 0 Å². The summed E-state index contributed by atoms with van der Waals surface area (Å²) in [5.41, 5.74) is -0.685. The molecular formula is C16H26N2O4. The Morgan fingerprint density at radius 1 is 1.18 bits per heavy atom. The number of ketones is 1. The average molecular weight is 310 g/mol. The van der Waals surface area contributed by atoms with Crippen LogP contribution in [0.2, 0.25) is 0 Å². The number of carbonyl (C=O) groups is 3. The minimum absolute atomic E-state index is 0.0944. The lowest BCUT2D eigenvalue weighted by molar-refractivity contribution is -0.134. The summed E-state index contributed by atoms with van der Waals surface area (Å²) in [4.78, 5) is 37.1. The molecule has 0 spiro atoms. The van der Waals surface area contributed by atoms with Crippen molar-refractivity contribution in [3.8, 4) is 0 Å². The minimum atomic E-state index is -0.966. The molecule has 1 N–H and O–H groups in total. The fourth-order valence-electron chi connectivity index (χ4n) is 1.72. The molecule has 6 nitrogen and oxygen atoms in total. The molecule has 1 atom stereocenters. The number of hydrogen-bond donors (Lipinski definition) is 1. The van der Waals surface area contributed by atoms with Crippen molar-refractivity contribution >= 4 is 17.8 Å². The van der Waals surface area contributed by atoms with Crippen LogP contribution in [0.25, 0.3) is 0 Å². The number of nitrogens with one attached hydrogen (secondary N) is 1. The van der Waals surface area contributed by atoms with Crippen LogP contribution < -0.4 is 5.32 Å². The van der Waals surface area contributed by atoms with Crippen molar-refractivity contribution in [1.29, 1.82) is 0 Å². The Balaban J connectivity index is 5.05. The number of ether oxygens (including phenoxy) is 1. The first-order chi connectivity index (χ1) is 10.1. The van der Waals surface area contributed by atoms with Gasteiger partial charge in [-0.25, -0.2) is 4.79 Å².